The van der Waals surface area contributed by atoms with E-state index in [-0.39, 0.29) is 5.75 Å². The van der Waals surface area contributed by atoms with Crippen LogP contribution in [-0.2, 0) is 6.54 Å². The number of phenols is 1. The van der Waals surface area contributed by atoms with Crippen LogP contribution >= 0.6 is 0 Å². The molecule has 0 saturated heterocycles. The number of rotatable bonds is 3. The van der Waals surface area contributed by atoms with Crippen molar-refractivity contribution in [2.45, 2.75) is 20.4 Å². The minimum Gasteiger partial charge on any atom is -0.505 e. The molecule has 2 nitrogen and oxygen atoms in total. The Kier molecular flexibility index (Phi) is 3.51. The number of benzene rings is 2. The van der Waals surface area contributed by atoms with Gasteiger partial charge < -0.3 is 10.4 Å². The van der Waals surface area contributed by atoms with Gasteiger partial charge in [-0.2, -0.15) is 0 Å². The molecule has 0 bridgehead atoms. The maximum Gasteiger partial charge on any atom is 0.166 e. The van der Waals surface area contributed by atoms with Crippen LogP contribution in [0.2, 0.25) is 0 Å². The number of hydrogen-bond acceptors (Lipinski definition) is 2. The van der Waals surface area contributed by atoms with Crippen LogP contribution in [0.25, 0.3) is 0 Å². The molecule has 3 heteroatoms. The van der Waals surface area contributed by atoms with Gasteiger partial charge in [0, 0.05) is 18.3 Å². The highest BCUT2D eigenvalue weighted by Gasteiger charge is 2.03. The number of nitrogens with one attached hydrogen (secondary N) is 1. The number of hydrogen-bond donors (Lipinski definition) is 2. The second-order valence-corrected chi connectivity index (χ2v) is 4.38. The van der Waals surface area contributed by atoms with Crippen molar-refractivity contribution < 1.29 is 9.50 Å². The van der Waals surface area contributed by atoms with Crippen LogP contribution in [0.4, 0.5) is 10.1 Å². The minimum absolute atomic E-state index is 0.327. The first-order valence-corrected chi connectivity index (χ1v) is 5.85. The Balaban J connectivity index is 2.11. The fourth-order valence-electron chi connectivity index (χ4n) is 1.82. The number of halogens is 1. The maximum absolute atomic E-state index is 13.2. The summed E-state index contributed by atoms with van der Waals surface area (Å²) in [5.41, 5.74) is 4.32. The minimum atomic E-state index is -0.610. The van der Waals surface area contributed by atoms with Crippen molar-refractivity contribution in [1.29, 1.82) is 0 Å². The predicted octanol–water partition coefficient (Wildman–Crippen LogP) is 3.76. The van der Waals surface area contributed by atoms with Gasteiger partial charge in [0.25, 0.3) is 0 Å². The van der Waals surface area contributed by atoms with Crippen molar-refractivity contribution in [3.8, 4) is 5.75 Å². The number of anilines is 1. The first kappa shape index (κ1) is 12.4. The van der Waals surface area contributed by atoms with Gasteiger partial charge in [0.15, 0.2) is 11.6 Å². The Hall–Kier alpha value is -2.03. The van der Waals surface area contributed by atoms with Crippen LogP contribution in [0.1, 0.15) is 16.7 Å². The lowest BCUT2D eigenvalue weighted by molar-refractivity contribution is 0.432. The summed E-state index contributed by atoms with van der Waals surface area (Å²) >= 11 is 0. The van der Waals surface area contributed by atoms with E-state index in [1.165, 1.54) is 28.8 Å². The summed E-state index contributed by atoms with van der Waals surface area (Å²) in [5, 5.41) is 12.3. The van der Waals surface area contributed by atoms with E-state index in [0.29, 0.717) is 12.2 Å². The molecule has 0 aliphatic rings. The summed E-state index contributed by atoms with van der Waals surface area (Å²) in [6.45, 7) is 4.78. The van der Waals surface area contributed by atoms with E-state index < -0.39 is 5.82 Å². The molecule has 0 atom stereocenters. The summed E-state index contributed by atoms with van der Waals surface area (Å²) in [5.74, 6) is -0.937. The highest BCUT2D eigenvalue weighted by Crippen LogP contribution is 2.20. The quantitative estimate of drug-likeness (QED) is 0.807. The Labute approximate surface area is 106 Å². The second kappa shape index (κ2) is 5.08. The lowest BCUT2D eigenvalue weighted by Crippen LogP contribution is -2.02. The molecule has 0 aliphatic heterocycles. The monoisotopic (exact) mass is 245 g/mol. The number of aryl methyl sites for hydroxylation is 1. The normalized spacial score (nSPS) is 10.4. The maximum atomic E-state index is 13.2. The van der Waals surface area contributed by atoms with Gasteiger partial charge in [-0.25, -0.2) is 4.39 Å². The van der Waals surface area contributed by atoms with Gasteiger partial charge in [0.05, 0.1) is 0 Å². The van der Waals surface area contributed by atoms with Crippen molar-refractivity contribution in [2.24, 2.45) is 0 Å². The van der Waals surface area contributed by atoms with Crippen molar-refractivity contribution in [3.63, 3.8) is 0 Å². The Morgan fingerprint density at radius 1 is 1.17 bits per heavy atom. The molecule has 0 aromatic heterocycles. The fraction of sp³-hybridized carbons (Fsp3) is 0.200. The number of aromatic hydroxyl groups is 1. The standard InChI is InChI=1S/C15H16FNO/c1-10-4-3-5-12(11(10)2)9-17-13-6-7-15(18)14(16)8-13/h3-8,17-18H,9H2,1-2H3. The molecular formula is C15H16FNO. The smallest absolute Gasteiger partial charge is 0.166 e. The molecular weight excluding hydrogens is 229 g/mol. The fourth-order valence-corrected chi connectivity index (χ4v) is 1.82. The molecule has 18 heavy (non-hydrogen) atoms. The van der Waals surface area contributed by atoms with Gasteiger partial charge in [0.2, 0.25) is 0 Å². The van der Waals surface area contributed by atoms with E-state index in [1.807, 2.05) is 12.1 Å². The van der Waals surface area contributed by atoms with E-state index in [1.54, 1.807) is 6.07 Å². The average Bonchev–Trinajstić information content (AvgIpc) is 2.35. The number of phenolic OH excluding ortho intramolecular Hbond substituents is 1. The zero-order valence-corrected chi connectivity index (χ0v) is 10.5. The van der Waals surface area contributed by atoms with Crippen LogP contribution in [-0.4, -0.2) is 5.11 Å². The van der Waals surface area contributed by atoms with Gasteiger partial charge in [-0.3, -0.25) is 0 Å². The molecule has 2 rings (SSSR count). The molecule has 2 aromatic carbocycles. The van der Waals surface area contributed by atoms with E-state index in [4.69, 9.17) is 5.11 Å². The Morgan fingerprint density at radius 3 is 2.67 bits per heavy atom. The molecule has 94 valence electrons. The summed E-state index contributed by atoms with van der Waals surface area (Å²) in [4.78, 5) is 0. The third-order valence-corrected chi connectivity index (χ3v) is 3.15. The lowest BCUT2D eigenvalue weighted by Gasteiger charge is -2.11. The van der Waals surface area contributed by atoms with Crippen LogP contribution < -0.4 is 5.32 Å². The van der Waals surface area contributed by atoms with Crippen molar-refractivity contribution in [3.05, 3.63) is 58.9 Å². The van der Waals surface area contributed by atoms with E-state index >= 15 is 0 Å². The van der Waals surface area contributed by atoms with Gasteiger partial charge in [-0.15, -0.1) is 0 Å². The third-order valence-electron chi connectivity index (χ3n) is 3.15. The molecule has 0 aliphatic carbocycles. The molecule has 2 N–H and O–H groups in total. The molecule has 0 amide bonds. The molecule has 2 aromatic rings. The van der Waals surface area contributed by atoms with Gasteiger partial charge in [-0.05, 0) is 42.7 Å². The van der Waals surface area contributed by atoms with Crippen molar-refractivity contribution in [1.82, 2.24) is 0 Å². The molecule has 0 spiro atoms. The van der Waals surface area contributed by atoms with Crippen LogP contribution in [0.3, 0.4) is 0 Å². The predicted molar refractivity (Wildman–Crippen MR) is 71.3 cm³/mol. The van der Waals surface area contributed by atoms with E-state index in [9.17, 15) is 4.39 Å². The van der Waals surface area contributed by atoms with Crippen LogP contribution in [0.5, 0.6) is 5.75 Å². The Bertz CT molecular complexity index is 566. The second-order valence-electron chi connectivity index (χ2n) is 4.38. The molecule has 0 unspecified atom stereocenters. The van der Waals surface area contributed by atoms with Crippen LogP contribution in [0.15, 0.2) is 36.4 Å². The highest BCUT2D eigenvalue weighted by atomic mass is 19.1. The highest BCUT2D eigenvalue weighted by molar-refractivity contribution is 5.48. The average molecular weight is 245 g/mol. The summed E-state index contributed by atoms with van der Waals surface area (Å²) in [6.07, 6.45) is 0. The van der Waals surface area contributed by atoms with Crippen LogP contribution in [0, 0.1) is 19.7 Å². The lowest BCUT2D eigenvalue weighted by atomic mass is 10.0. The molecule has 0 radical (unpaired) electrons. The molecule has 0 saturated carbocycles. The third kappa shape index (κ3) is 2.62. The summed E-state index contributed by atoms with van der Waals surface area (Å²) in [6, 6.07) is 10.4. The van der Waals surface area contributed by atoms with Gasteiger partial charge in [-0.1, -0.05) is 18.2 Å². The van der Waals surface area contributed by atoms with Gasteiger partial charge >= 0.3 is 0 Å². The first-order valence-electron chi connectivity index (χ1n) is 5.85. The molecule has 0 heterocycles. The zero-order valence-electron chi connectivity index (χ0n) is 10.5. The van der Waals surface area contributed by atoms with Crippen molar-refractivity contribution >= 4 is 5.69 Å². The largest absolute Gasteiger partial charge is 0.505 e. The first-order chi connectivity index (χ1) is 8.58. The van der Waals surface area contributed by atoms with E-state index in [0.717, 1.165) is 0 Å². The summed E-state index contributed by atoms with van der Waals surface area (Å²) < 4.78 is 13.2. The van der Waals surface area contributed by atoms with E-state index in [2.05, 4.69) is 25.2 Å². The Morgan fingerprint density at radius 2 is 1.94 bits per heavy atom. The topological polar surface area (TPSA) is 32.3 Å². The SMILES string of the molecule is Cc1cccc(CNc2ccc(O)c(F)c2)c1C. The zero-order chi connectivity index (χ0) is 13.1. The van der Waals surface area contributed by atoms with Crippen molar-refractivity contribution in [2.75, 3.05) is 5.32 Å². The van der Waals surface area contributed by atoms with Gasteiger partial charge in [0.1, 0.15) is 0 Å². The molecule has 0 fully saturated rings. The summed E-state index contributed by atoms with van der Waals surface area (Å²) in [7, 11) is 0.